The quantitative estimate of drug-likeness (QED) is 0.808. The van der Waals surface area contributed by atoms with Crippen LogP contribution in [0.25, 0.3) is 0 Å². The fraction of sp³-hybridized carbons (Fsp3) is 0.389. The Bertz CT molecular complexity index is 742. The minimum atomic E-state index is -3.73. The van der Waals surface area contributed by atoms with Crippen LogP contribution in [0.1, 0.15) is 42.9 Å². The standard InChI is InChI=1S/C18H21NO3S/c1-14-9-11-15(12-10-14)23(20,21)22-18-8-3-2-6-16(18)17-7-4-5-13-19-17/h4-5,7,9-13,16,18H,2-3,6,8H2,1H3/p+1. The van der Waals surface area contributed by atoms with Gasteiger partial charge >= 0.3 is 0 Å². The molecule has 1 aliphatic rings. The molecule has 0 bridgehead atoms. The first kappa shape index (κ1) is 16.1. The third-order valence-electron chi connectivity index (χ3n) is 4.40. The van der Waals surface area contributed by atoms with E-state index < -0.39 is 10.1 Å². The summed E-state index contributed by atoms with van der Waals surface area (Å²) in [6, 6.07) is 12.7. The van der Waals surface area contributed by atoms with Gasteiger partial charge in [0.2, 0.25) is 0 Å². The highest BCUT2D eigenvalue weighted by atomic mass is 32.2. The predicted molar refractivity (Wildman–Crippen MR) is 87.4 cm³/mol. The van der Waals surface area contributed by atoms with Crippen LogP contribution < -0.4 is 4.98 Å². The number of aryl methyl sites for hydroxylation is 1. The Morgan fingerprint density at radius 3 is 2.48 bits per heavy atom. The minimum Gasteiger partial charge on any atom is -0.262 e. The van der Waals surface area contributed by atoms with Gasteiger partial charge in [0, 0.05) is 12.1 Å². The molecule has 0 spiro atoms. The van der Waals surface area contributed by atoms with Gasteiger partial charge in [-0.1, -0.05) is 36.6 Å². The second-order valence-electron chi connectivity index (χ2n) is 6.11. The molecule has 1 fully saturated rings. The highest BCUT2D eigenvalue weighted by Gasteiger charge is 2.35. The van der Waals surface area contributed by atoms with Crippen LogP contribution in [0.2, 0.25) is 0 Å². The number of hydrogen-bond donors (Lipinski definition) is 0. The molecule has 1 aliphatic carbocycles. The van der Waals surface area contributed by atoms with Crippen LogP contribution in [0.3, 0.4) is 0 Å². The Hall–Kier alpha value is -1.72. The van der Waals surface area contributed by atoms with Crippen LogP contribution in [0.15, 0.2) is 53.6 Å². The maximum atomic E-state index is 12.6. The van der Waals surface area contributed by atoms with Crippen molar-refractivity contribution in [3.8, 4) is 0 Å². The van der Waals surface area contributed by atoms with Gasteiger partial charge in [-0.05, 0) is 31.9 Å². The molecule has 2 unspecified atom stereocenters. The van der Waals surface area contributed by atoms with E-state index in [0.29, 0.717) is 0 Å². The second-order valence-corrected chi connectivity index (χ2v) is 7.68. The lowest BCUT2D eigenvalue weighted by Crippen LogP contribution is -2.32. The van der Waals surface area contributed by atoms with Crippen LogP contribution >= 0.6 is 0 Å². The second kappa shape index (κ2) is 6.81. The molecule has 0 saturated heterocycles. The molecule has 0 radical (unpaired) electrons. The zero-order chi connectivity index (χ0) is 16.3. The van der Waals surface area contributed by atoms with E-state index in [1.807, 2.05) is 31.3 Å². The van der Waals surface area contributed by atoms with Crippen molar-refractivity contribution in [1.82, 2.24) is 0 Å². The largest absolute Gasteiger partial charge is 0.297 e. The fourth-order valence-electron chi connectivity index (χ4n) is 3.13. The summed E-state index contributed by atoms with van der Waals surface area (Å²) in [5.41, 5.74) is 2.06. The molecule has 1 heterocycles. The molecule has 122 valence electrons. The summed E-state index contributed by atoms with van der Waals surface area (Å²) in [5.74, 6) is 0.0881. The number of aromatic nitrogens is 1. The first-order chi connectivity index (χ1) is 11.1. The van der Waals surface area contributed by atoms with Gasteiger partial charge < -0.3 is 0 Å². The van der Waals surface area contributed by atoms with E-state index in [1.54, 1.807) is 24.3 Å². The van der Waals surface area contributed by atoms with Gasteiger partial charge in [-0.15, -0.1) is 0 Å². The molecule has 3 rings (SSSR count). The maximum Gasteiger partial charge on any atom is 0.297 e. The van der Waals surface area contributed by atoms with Crippen molar-refractivity contribution in [3.63, 3.8) is 0 Å². The lowest BCUT2D eigenvalue weighted by molar-refractivity contribution is -0.395. The van der Waals surface area contributed by atoms with Crippen molar-refractivity contribution in [1.29, 1.82) is 0 Å². The van der Waals surface area contributed by atoms with Crippen molar-refractivity contribution in [2.24, 2.45) is 0 Å². The topological polar surface area (TPSA) is 57.5 Å². The lowest BCUT2D eigenvalue weighted by atomic mass is 9.84. The third-order valence-corrected chi connectivity index (χ3v) is 5.75. The van der Waals surface area contributed by atoms with Crippen LogP contribution in [0, 0.1) is 6.92 Å². The van der Waals surface area contributed by atoms with Crippen LogP contribution in [-0.2, 0) is 14.3 Å². The molecule has 1 saturated carbocycles. The van der Waals surface area contributed by atoms with Gasteiger partial charge in [0.05, 0.1) is 16.9 Å². The van der Waals surface area contributed by atoms with Gasteiger partial charge in [-0.2, -0.15) is 8.42 Å². The van der Waals surface area contributed by atoms with Crippen LogP contribution in [0.5, 0.6) is 0 Å². The monoisotopic (exact) mass is 332 g/mol. The van der Waals surface area contributed by atoms with Gasteiger partial charge in [0.15, 0.2) is 11.9 Å². The average Bonchev–Trinajstić information content (AvgIpc) is 2.56. The number of H-pyrrole nitrogens is 1. The lowest BCUT2D eigenvalue weighted by Gasteiger charge is -2.28. The molecule has 1 N–H and O–H groups in total. The Morgan fingerprint density at radius 1 is 1.04 bits per heavy atom. The van der Waals surface area contributed by atoms with Gasteiger partial charge in [0.1, 0.15) is 0 Å². The van der Waals surface area contributed by atoms with Crippen molar-refractivity contribution in [2.75, 3.05) is 0 Å². The molecule has 4 nitrogen and oxygen atoms in total. The number of aromatic amines is 1. The third kappa shape index (κ3) is 3.79. The van der Waals surface area contributed by atoms with Crippen molar-refractivity contribution in [2.45, 2.75) is 49.5 Å². The average molecular weight is 332 g/mol. The molecule has 0 aliphatic heterocycles. The first-order valence-corrected chi connectivity index (χ1v) is 9.44. The van der Waals surface area contributed by atoms with Crippen molar-refractivity contribution in [3.05, 3.63) is 59.9 Å². The van der Waals surface area contributed by atoms with Crippen molar-refractivity contribution < 1.29 is 17.6 Å². The molecule has 5 heteroatoms. The van der Waals surface area contributed by atoms with E-state index in [0.717, 1.165) is 36.9 Å². The predicted octanol–water partition coefficient (Wildman–Crippen LogP) is 3.24. The SMILES string of the molecule is Cc1ccc(S(=O)(=O)OC2CCCCC2c2cccc[nH+]2)cc1. The van der Waals surface area contributed by atoms with Crippen LogP contribution in [-0.4, -0.2) is 14.5 Å². The normalized spacial score (nSPS) is 22.0. The molecule has 2 atom stereocenters. The highest BCUT2D eigenvalue weighted by Crippen LogP contribution is 2.35. The Balaban J connectivity index is 1.83. The summed E-state index contributed by atoms with van der Waals surface area (Å²) in [6.45, 7) is 1.93. The van der Waals surface area contributed by atoms with Crippen molar-refractivity contribution >= 4 is 10.1 Å². The van der Waals surface area contributed by atoms with Gasteiger partial charge in [-0.25, -0.2) is 4.98 Å². The van der Waals surface area contributed by atoms with Gasteiger partial charge in [0.25, 0.3) is 10.1 Å². The van der Waals surface area contributed by atoms with E-state index in [1.165, 1.54) is 0 Å². The molecule has 23 heavy (non-hydrogen) atoms. The number of pyridine rings is 1. The Labute approximate surface area is 137 Å². The number of benzene rings is 1. The molecule has 0 amide bonds. The van der Waals surface area contributed by atoms with E-state index in [9.17, 15) is 8.42 Å². The molecule has 1 aromatic carbocycles. The highest BCUT2D eigenvalue weighted by molar-refractivity contribution is 7.86. The smallest absolute Gasteiger partial charge is 0.262 e. The fourth-order valence-corrected chi connectivity index (χ4v) is 4.27. The van der Waals surface area contributed by atoms with E-state index >= 15 is 0 Å². The van der Waals surface area contributed by atoms with E-state index in [4.69, 9.17) is 4.18 Å². The molecular formula is C18H22NO3S+. The summed E-state index contributed by atoms with van der Waals surface area (Å²) in [7, 11) is -3.73. The summed E-state index contributed by atoms with van der Waals surface area (Å²) < 4.78 is 30.7. The summed E-state index contributed by atoms with van der Waals surface area (Å²) in [4.78, 5) is 3.45. The number of hydrogen-bond acceptors (Lipinski definition) is 3. The molecule has 1 aromatic heterocycles. The zero-order valence-corrected chi connectivity index (χ0v) is 14.1. The summed E-state index contributed by atoms with van der Waals surface area (Å²) in [6.07, 6.45) is 5.35. The Morgan fingerprint density at radius 2 is 1.78 bits per heavy atom. The van der Waals surface area contributed by atoms with Crippen LogP contribution in [0.4, 0.5) is 0 Å². The molecule has 2 aromatic rings. The molecular weight excluding hydrogens is 310 g/mol. The first-order valence-electron chi connectivity index (χ1n) is 8.03. The zero-order valence-electron chi connectivity index (χ0n) is 13.2. The summed E-state index contributed by atoms with van der Waals surface area (Å²) >= 11 is 0. The number of rotatable bonds is 4. The Kier molecular flexibility index (Phi) is 4.78. The number of nitrogens with one attached hydrogen (secondary N) is 1. The van der Waals surface area contributed by atoms with Gasteiger partial charge in [-0.3, -0.25) is 4.18 Å². The summed E-state index contributed by atoms with van der Waals surface area (Å²) in [5, 5.41) is 0. The van der Waals surface area contributed by atoms with E-state index in [2.05, 4.69) is 4.98 Å². The van der Waals surface area contributed by atoms with E-state index in [-0.39, 0.29) is 16.9 Å². The minimum absolute atomic E-state index is 0.0881. The maximum absolute atomic E-state index is 12.6.